The summed E-state index contributed by atoms with van der Waals surface area (Å²) in [5.74, 6) is -1.52. The number of ether oxygens (including phenoxy) is 1. The van der Waals surface area contributed by atoms with Crippen LogP contribution in [0.1, 0.15) is 12.8 Å². The van der Waals surface area contributed by atoms with Crippen LogP contribution < -0.4 is 0 Å². The first-order chi connectivity index (χ1) is 6.74. The Morgan fingerprint density at radius 2 is 2.29 bits per heavy atom. The highest BCUT2D eigenvalue weighted by atomic mass is 17.2. The van der Waals surface area contributed by atoms with Crippen molar-refractivity contribution in [1.82, 2.24) is 0 Å². The molecule has 5 heteroatoms. The standard InChI is InChI=1S/C9H10O5/c1-2-8(10)13-14-9(11)7-4-3-5-12-6-7/h2,6H,1,3-5H2. The lowest BCUT2D eigenvalue weighted by molar-refractivity contribution is -0.251. The smallest absolute Gasteiger partial charge is 0.385 e. The van der Waals surface area contributed by atoms with Crippen LogP contribution in [-0.4, -0.2) is 18.5 Å². The highest BCUT2D eigenvalue weighted by Gasteiger charge is 2.16. The predicted molar refractivity (Wildman–Crippen MR) is 45.7 cm³/mol. The first-order valence-corrected chi connectivity index (χ1v) is 4.10. The molecule has 0 fully saturated rings. The Kier molecular flexibility index (Phi) is 3.72. The molecule has 0 aromatic heterocycles. The Hall–Kier alpha value is -1.78. The van der Waals surface area contributed by atoms with Gasteiger partial charge in [0, 0.05) is 6.08 Å². The zero-order valence-electron chi connectivity index (χ0n) is 7.52. The lowest BCUT2D eigenvalue weighted by Crippen LogP contribution is -2.14. The van der Waals surface area contributed by atoms with Crippen molar-refractivity contribution in [2.75, 3.05) is 6.61 Å². The third-order valence-electron chi connectivity index (χ3n) is 1.56. The normalized spacial score (nSPS) is 14.7. The number of rotatable bonds is 2. The number of hydrogen-bond acceptors (Lipinski definition) is 5. The van der Waals surface area contributed by atoms with E-state index in [9.17, 15) is 9.59 Å². The highest BCUT2D eigenvalue weighted by molar-refractivity contribution is 5.89. The molecule has 0 aliphatic carbocycles. The molecule has 0 N–H and O–H groups in total. The molecule has 1 heterocycles. The van der Waals surface area contributed by atoms with Crippen molar-refractivity contribution in [2.45, 2.75) is 12.8 Å². The first kappa shape index (κ1) is 10.3. The second kappa shape index (κ2) is 5.06. The van der Waals surface area contributed by atoms with E-state index in [1.807, 2.05) is 0 Å². The van der Waals surface area contributed by atoms with Gasteiger partial charge in [-0.2, -0.15) is 0 Å². The van der Waals surface area contributed by atoms with Crippen LogP contribution in [-0.2, 0) is 24.1 Å². The predicted octanol–water partition coefficient (Wildman–Crippen LogP) is 0.868. The fourth-order valence-electron chi connectivity index (χ4n) is 0.881. The largest absolute Gasteiger partial charge is 0.501 e. The van der Waals surface area contributed by atoms with E-state index in [2.05, 4.69) is 16.4 Å². The summed E-state index contributed by atoms with van der Waals surface area (Å²) >= 11 is 0. The summed E-state index contributed by atoms with van der Waals surface area (Å²) < 4.78 is 4.91. The zero-order chi connectivity index (χ0) is 10.4. The molecular formula is C9H10O5. The Labute approximate surface area is 80.9 Å². The van der Waals surface area contributed by atoms with Crippen LogP contribution in [0.25, 0.3) is 0 Å². The molecule has 0 radical (unpaired) electrons. The van der Waals surface area contributed by atoms with Gasteiger partial charge in [0.1, 0.15) is 0 Å². The fraction of sp³-hybridized carbons (Fsp3) is 0.333. The summed E-state index contributed by atoms with van der Waals surface area (Å²) in [4.78, 5) is 30.0. The molecule has 0 amide bonds. The molecule has 0 atom stereocenters. The monoisotopic (exact) mass is 198 g/mol. The van der Waals surface area contributed by atoms with Crippen molar-refractivity contribution in [1.29, 1.82) is 0 Å². The van der Waals surface area contributed by atoms with Crippen molar-refractivity contribution in [3.63, 3.8) is 0 Å². The van der Waals surface area contributed by atoms with Crippen molar-refractivity contribution in [3.05, 3.63) is 24.5 Å². The fourth-order valence-corrected chi connectivity index (χ4v) is 0.881. The molecule has 5 nitrogen and oxygen atoms in total. The molecule has 76 valence electrons. The van der Waals surface area contributed by atoms with Crippen molar-refractivity contribution < 1.29 is 24.1 Å². The van der Waals surface area contributed by atoms with E-state index in [4.69, 9.17) is 4.74 Å². The molecule has 0 aromatic rings. The molecule has 0 unspecified atom stereocenters. The van der Waals surface area contributed by atoms with Crippen LogP contribution in [0.2, 0.25) is 0 Å². The van der Waals surface area contributed by atoms with Gasteiger partial charge in [0.05, 0.1) is 18.4 Å². The minimum atomic E-state index is -0.810. The topological polar surface area (TPSA) is 61.8 Å². The lowest BCUT2D eigenvalue weighted by atomic mass is 10.1. The third kappa shape index (κ3) is 2.93. The molecule has 1 aliphatic heterocycles. The van der Waals surface area contributed by atoms with Gasteiger partial charge in [-0.1, -0.05) is 6.58 Å². The van der Waals surface area contributed by atoms with E-state index < -0.39 is 11.9 Å². The third-order valence-corrected chi connectivity index (χ3v) is 1.56. The number of carbonyl (C=O) groups excluding carboxylic acids is 2. The van der Waals surface area contributed by atoms with Gasteiger partial charge in [-0.25, -0.2) is 19.4 Å². The molecule has 0 saturated heterocycles. The first-order valence-electron chi connectivity index (χ1n) is 4.10. The molecule has 1 aliphatic rings. The van der Waals surface area contributed by atoms with E-state index in [-0.39, 0.29) is 0 Å². The second-order valence-corrected chi connectivity index (χ2v) is 2.59. The van der Waals surface area contributed by atoms with Crippen LogP contribution in [0.3, 0.4) is 0 Å². The van der Waals surface area contributed by atoms with Crippen molar-refractivity contribution in [2.24, 2.45) is 0 Å². The van der Waals surface area contributed by atoms with E-state index in [0.717, 1.165) is 12.5 Å². The maximum Gasteiger partial charge on any atom is 0.385 e. The molecule has 0 saturated carbocycles. The van der Waals surface area contributed by atoms with Gasteiger partial charge < -0.3 is 4.74 Å². The van der Waals surface area contributed by atoms with Crippen molar-refractivity contribution >= 4 is 11.9 Å². The van der Waals surface area contributed by atoms with E-state index in [1.54, 1.807) is 0 Å². The van der Waals surface area contributed by atoms with Gasteiger partial charge in [0.15, 0.2) is 0 Å². The van der Waals surface area contributed by atoms with Crippen LogP contribution in [0, 0.1) is 0 Å². The molecule has 0 aromatic carbocycles. The molecular weight excluding hydrogens is 188 g/mol. The molecule has 14 heavy (non-hydrogen) atoms. The van der Waals surface area contributed by atoms with Crippen molar-refractivity contribution in [3.8, 4) is 0 Å². The molecule has 0 bridgehead atoms. The maximum atomic E-state index is 11.1. The van der Waals surface area contributed by atoms with Gasteiger partial charge in [-0.3, -0.25) is 0 Å². The lowest BCUT2D eigenvalue weighted by Gasteiger charge is -2.10. The average Bonchev–Trinajstić information content (AvgIpc) is 2.26. The Bertz CT molecular complexity index is 279. The number of hydrogen-bond donors (Lipinski definition) is 0. The van der Waals surface area contributed by atoms with Crippen LogP contribution >= 0.6 is 0 Å². The van der Waals surface area contributed by atoms with E-state index in [1.165, 1.54) is 6.26 Å². The van der Waals surface area contributed by atoms with Gasteiger partial charge in [0.2, 0.25) is 0 Å². The van der Waals surface area contributed by atoms with Gasteiger partial charge in [-0.05, 0) is 12.8 Å². The summed E-state index contributed by atoms with van der Waals surface area (Å²) in [5, 5.41) is 0. The second-order valence-electron chi connectivity index (χ2n) is 2.59. The summed E-state index contributed by atoms with van der Waals surface area (Å²) in [7, 11) is 0. The summed E-state index contributed by atoms with van der Waals surface area (Å²) in [5.41, 5.74) is 0.355. The van der Waals surface area contributed by atoms with Gasteiger partial charge in [0.25, 0.3) is 0 Å². The van der Waals surface area contributed by atoms with Crippen LogP contribution in [0.5, 0.6) is 0 Å². The average molecular weight is 198 g/mol. The van der Waals surface area contributed by atoms with E-state index >= 15 is 0 Å². The SMILES string of the molecule is C=CC(=O)OOC(=O)C1=COCCC1. The van der Waals surface area contributed by atoms with Crippen LogP contribution in [0.15, 0.2) is 24.5 Å². The number of carbonyl (C=O) groups is 2. The summed E-state index contributed by atoms with van der Waals surface area (Å²) in [6.45, 7) is 3.73. The van der Waals surface area contributed by atoms with E-state index in [0.29, 0.717) is 18.6 Å². The minimum absolute atomic E-state index is 0.355. The van der Waals surface area contributed by atoms with Crippen LogP contribution in [0.4, 0.5) is 0 Å². The van der Waals surface area contributed by atoms with Gasteiger partial charge >= 0.3 is 11.9 Å². The summed E-state index contributed by atoms with van der Waals surface area (Å²) in [6, 6.07) is 0. The highest BCUT2D eigenvalue weighted by Crippen LogP contribution is 2.13. The zero-order valence-corrected chi connectivity index (χ0v) is 7.52. The Morgan fingerprint density at radius 1 is 1.50 bits per heavy atom. The minimum Gasteiger partial charge on any atom is -0.501 e. The van der Waals surface area contributed by atoms with Gasteiger partial charge in [-0.15, -0.1) is 0 Å². The summed E-state index contributed by atoms with van der Waals surface area (Å²) in [6.07, 6.45) is 3.52. The quantitative estimate of drug-likeness (QED) is 0.374. The molecule has 1 rings (SSSR count). The maximum absolute atomic E-state index is 11.1. The molecule has 0 spiro atoms. The Balaban J connectivity index is 2.37. The Morgan fingerprint density at radius 3 is 2.86 bits per heavy atom.